The highest BCUT2D eigenvalue weighted by molar-refractivity contribution is 5.85. The van der Waals surface area contributed by atoms with Gasteiger partial charge in [0.25, 0.3) is 0 Å². The molecule has 0 fully saturated rings. The Morgan fingerprint density at radius 3 is 0.683 bits per heavy atom. The Bertz CT molecular complexity index is 2700. The van der Waals surface area contributed by atoms with Gasteiger partial charge >= 0.3 is 0 Å². The van der Waals surface area contributed by atoms with E-state index in [1.54, 1.807) is 0 Å². The van der Waals surface area contributed by atoms with Gasteiger partial charge in [-0.2, -0.15) is 0 Å². The van der Waals surface area contributed by atoms with E-state index >= 15 is 0 Å². The molecule has 282 valence electrons. The quantitative estimate of drug-likeness (QED) is 0.145. The average molecular weight is 769 g/mol. The zero-order valence-corrected chi connectivity index (χ0v) is 32.5. The lowest BCUT2D eigenvalue weighted by molar-refractivity contribution is 1.07. The molecule has 4 aromatic heterocycles. The summed E-state index contributed by atoms with van der Waals surface area (Å²) in [5.74, 6) is 1.77. The second-order valence-corrected chi connectivity index (χ2v) is 14.3. The van der Waals surface area contributed by atoms with E-state index in [4.69, 9.17) is 15.0 Å². The first kappa shape index (κ1) is 36.1. The van der Waals surface area contributed by atoms with Gasteiger partial charge in [-0.1, -0.05) is 164 Å². The first-order chi connectivity index (χ1) is 29.7. The van der Waals surface area contributed by atoms with E-state index in [1.165, 1.54) is 0 Å². The fourth-order valence-electron chi connectivity index (χ4n) is 7.60. The number of pyridine rings is 3. The highest BCUT2D eigenvalue weighted by Crippen LogP contribution is 2.36. The minimum atomic E-state index is 0.591. The largest absolute Gasteiger partial charge is 0.256 e. The van der Waals surface area contributed by atoms with Gasteiger partial charge in [0.2, 0.25) is 0 Å². The lowest BCUT2D eigenvalue weighted by Gasteiger charge is -2.13. The first-order valence-electron chi connectivity index (χ1n) is 19.8. The summed E-state index contributed by atoms with van der Waals surface area (Å²) < 4.78 is 0. The molecule has 0 radical (unpaired) electrons. The molecular weight excluding hydrogens is 733 g/mol. The van der Waals surface area contributed by atoms with Crippen LogP contribution in [0.1, 0.15) is 0 Å². The maximum atomic E-state index is 5.10. The molecule has 0 aliphatic rings. The standard InChI is InChI=1S/C54H36N6/c1-4-16-46(49-19-7-10-34-55-49)43(13-1)37-22-28-40(29-23-37)52-58-53(41-30-24-38(25-31-41)44-14-2-5-17-47(44)50-20-8-11-35-56-50)60-54(59-52)42-32-26-39(27-33-42)45-15-3-6-18-48(45)51-21-9-12-36-57-51/h1-36H. The third-order valence-electron chi connectivity index (χ3n) is 10.6. The predicted octanol–water partition coefficient (Wildman–Crippen LogP) is 13.1. The van der Waals surface area contributed by atoms with Crippen molar-refractivity contribution >= 4 is 0 Å². The van der Waals surface area contributed by atoms with Gasteiger partial charge < -0.3 is 0 Å². The maximum Gasteiger partial charge on any atom is 0.164 e. The highest BCUT2D eigenvalue weighted by atomic mass is 15.0. The van der Waals surface area contributed by atoms with Crippen LogP contribution in [-0.2, 0) is 0 Å². The van der Waals surface area contributed by atoms with Gasteiger partial charge in [0.1, 0.15) is 0 Å². The fourth-order valence-corrected chi connectivity index (χ4v) is 7.60. The van der Waals surface area contributed by atoms with Crippen LogP contribution >= 0.6 is 0 Å². The van der Waals surface area contributed by atoms with Gasteiger partial charge in [-0.25, -0.2) is 15.0 Å². The van der Waals surface area contributed by atoms with E-state index in [0.717, 1.165) is 83.8 Å². The number of benzene rings is 6. The number of hydrogen-bond donors (Lipinski definition) is 0. The molecule has 0 atom stereocenters. The Hall–Kier alpha value is -8.22. The van der Waals surface area contributed by atoms with Crippen LogP contribution in [0.15, 0.2) is 219 Å². The molecule has 0 spiro atoms. The molecule has 10 rings (SSSR count). The minimum Gasteiger partial charge on any atom is -0.256 e. The van der Waals surface area contributed by atoms with Crippen molar-refractivity contribution in [2.75, 3.05) is 0 Å². The molecule has 4 heterocycles. The predicted molar refractivity (Wildman–Crippen MR) is 242 cm³/mol. The van der Waals surface area contributed by atoms with Gasteiger partial charge in [-0.3, -0.25) is 15.0 Å². The van der Waals surface area contributed by atoms with Crippen LogP contribution in [-0.4, -0.2) is 29.9 Å². The number of hydrogen-bond acceptors (Lipinski definition) is 6. The zero-order chi connectivity index (χ0) is 40.1. The molecule has 0 bridgehead atoms. The van der Waals surface area contributed by atoms with Crippen LogP contribution in [0.25, 0.3) is 101 Å². The number of rotatable bonds is 9. The third kappa shape index (κ3) is 7.37. The van der Waals surface area contributed by atoms with Crippen molar-refractivity contribution < 1.29 is 0 Å². The molecule has 0 unspecified atom stereocenters. The van der Waals surface area contributed by atoms with Crippen molar-refractivity contribution in [3.8, 4) is 101 Å². The summed E-state index contributed by atoms with van der Waals surface area (Å²) in [5.41, 5.74) is 15.3. The highest BCUT2D eigenvalue weighted by Gasteiger charge is 2.16. The van der Waals surface area contributed by atoms with Crippen LogP contribution in [0.3, 0.4) is 0 Å². The second kappa shape index (κ2) is 16.3. The third-order valence-corrected chi connectivity index (χ3v) is 10.6. The molecule has 0 aliphatic carbocycles. The smallest absolute Gasteiger partial charge is 0.164 e. The SMILES string of the molecule is c1ccc(-c2ccccc2-c2ccc(-c3nc(-c4ccc(-c5ccccc5-c5ccccn5)cc4)nc(-c4ccc(-c5ccccc5-c5ccccn5)cc4)n3)cc2)nc1. The molecule has 0 saturated carbocycles. The van der Waals surface area contributed by atoms with Crippen molar-refractivity contribution in [1.29, 1.82) is 0 Å². The summed E-state index contributed by atoms with van der Waals surface area (Å²) >= 11 is 0. The topological polar surface area (TPSA) is 77.3 Å². The fraction of sp³-hybridized carbons (Fsp3) is 0. The average Bonchev–Trinajstić information content (AvgIpc) is 3.35. The van der Waals surface area contributed by atoms with Crippen LogP contribution < -0.4 is 0 Å². The maximum absolute atomic E-state index is 5.10. The Balaban J connectivity index is 1.04. The normalized spacial score (nSPS) is 11.0. The first-order valence-corrected chi connectivity index (χ1v) is 19.8. The zero-order valence-electron chi connectivity index (χ0n) is 32.5. The van der Waals surface area contributed by atoms with E-state index in [2.05, 4.69) is 142 Å². The lowest BCUT2D eigenvalue weighted by atomic mass is 9.96. The number of nitrogens with zero attached hydrogens (tertiary/aromatic N) is 6. The summed E-state index contributed by atoms with van der Waals surface area (Å²) in [6, 6.07) is 68.3. The molecule has 6 nitrogen and oxygen atoms in total. The molecule has 10 aromatic rings. The van der Waals surface area contributed by atoms with Crippen LogP contribution in [0.5, 0.6) is 0 Å². The molecule has 6 aromatic carbocycles. The van der Waals surface area contributed by atoms with Gasteiger partial charge in [0.15, 0.2) is 17.5 Å². The second-order valence-electron chi connectivity index (χ2n) is 14.3. The molecule has 6 heteroatoms. The van der Waals surface area contributed by atoms with E-state index < -0.39 is 0 Å². The molecule has 0 amide bonds. The van der Waals surface area contributed by atoms with Crippen molar-refractivity contribution in [1.82, 2.24) is 29.9 Å². The summed E-state index contributed by atoms with van der Waals surface area (Å²) in [5, 5.41) is 0. The van der Waals surface area contributed by atoms with Crippen molar-refractivity contribution in [3.63, 3.8) is 0 Å². The van der Waals surface area contributed by atoms with Gasteiger partial charge in [-0.15, -0.1) is 0 Å². The Labute approximate surface area is 348 Å². The van der Waals surface area contributed by atoms with Gasteiger partial charge in [-0.05, 0) is 69.8 Å². The molecular formula is C54H36N6. The van der Waals surface area contributed by atoms with E-state index in [-0.39, 0.29) is 0 Å². The van der Waals surface area contributed by atoms with Crippen LogP contribution in [0, 0.1) is 0 Å². The summed E-state index contributed by atoms with van der Waals surface area (Å²) in [6.07, 6.45) is 5.48. The van der Waals surface area contributed by atoms with Gasteiger partial charge in [0, 0.05) is 52.0 Å². The van der Waals surface area contributed by atoms with E-state index in [9.17, 15) is 0 Å². The Morgan fingerprint density at radius 2 is 0.433 bits per heavy atom. The Kier molecular flexibility index (Phi) is 9.84. The monoisotopic (exact) mass is 768 g/mol. The van der Waals surface area contributed by atoms with E-state index in [1.807, 2.05) is 91.4 Å². The van der Waals surface area contributed by atoms with Crippen molar-refractivity contribution in [2.24, 2.45) is 0 Å². The number of aromatic nitrogens is 6. The van der Waals surface area contributed by atoms with Crippen molar-refractivity contribution in [3.05, 3.63) is 219 Å². The summed E-state index contributed by atoms with van der Waals surface area (Å²) in [6.45, 7) is 0. The summed E-state index contributed by atoms with van der Waals surface area (Å²) in [7, 11) is 0. The van der Waals surface area contributed by atoms with Gasteiger partial charge in [0.05, 0.1) is 17.1 Å². The molecule has 0 aliphatic heterocycles. The van der Waals surface area contributed by atoms with E-state index in [0.29, 0.717) is 17.5 Å². The lowest BCUT2D eigenvalue weighted by Crippen LogP contribution is -2.00. The molecule has 0 N–H and O–H groups in total. The minimum absolute atomic E-state index is 0.591. The summed E-state index contributed by atoms with van der Waals surface area (Å²) in [4.78, 5) is 29.2. The van der Waals surface area contributed by atoms with Crippen molar-refractivity contribution in [2.45, 2.75) is 0 Å². The Morgan fingerprint density at radius 1 is 0.200 bits per heavy atom. The van der Waals surface area contributed by atoms with Crippen LogP contribution in [0.4, 0.5) is 0 Å². The molecule has 0 saturated heterocycles. The molecule has 60 heavy (non-hydrogen) atoms. The van der Waals surface area contributed by atoms with Crippen LogP contribution in [0.2, 0.25) is 0 Å².